The Bertz CT molecular complexity index is 209. The standard InChI is InChI=1S/C13H27NO3Si/c1-6-11-14(12-7-2)13-18(15-8-3,16-9-4)17-10-5/h6-7H,1-2,8-13H2,3-5H3. The summed E-state index contributed by atoms with van der Waals surface area (Å²) in [5.74, 6) is 0. The molecule has 5 heteroatoms. The molecule has 0 heterocycles. The van der Waals surface area contributed by atoms with Crippen LogP contribution in [-0.4, -0.2) is 52.8 Å². The van der Waals surface area contributed by atoms with E-state index in [4.69, 9.17) is 13.3 Å². The molecule has 0 atom stereocenters. The third kappa shape index (κ3) is 6.46. The highest BCUT2D eigenvalue weighted by molar-refractivity contribution is 6.60. The van der Waals surface area contributed by atoms with Crippen LogP contribution in [0.25, 0.3) is 0 Å². The molecule has 4 nitrogen and oxygen atoms in total. The lowest BCUT2D eigenvalue weighted by Crippen LogP contribution is -2.55. The molecule has 0 spiro atoms. The summed E-state index contributed by atoms with van der Waals surface area (Å²) >= 11 is 0. The average molecular weight is 273 g/mol. The maximum Gasteiger partial charge on any atom is 0.515 e. The Morgan fingerprint density at radius 3 is 1.56 bits per heavy atom. The van der Waals surface area contributed by atoms with E-state index in [1.54, 1.807) is 0 Å². The van der Waals surface area contributed by atoms with Crippen molar-refractivity contribution in [2.75, 3.05) is 39.1 Å². The molecular weight excluding hydrogens is 246 g/mol. The molecule has 18 heavy (non-hydrogen) atoms. The third-order valence-corrected chi connectivity index (χ3v) is 5.30. The van der Waals surface area contributed by atoms with E-state index in [9.17, 15) is 0 Å². The Morgan fingerprint density at radius 1 is 0.889 bits per heavy atom. The van der Waals surface area contributed by atoms with Gasteiger partial charge in [-0.1, -0.05) is 12.2 Å². The first-order valence-corrected chi connectivity index (χ1v) is 8.47. The van der Waals surface area contributed by atoms with Crippen molar-refractivity contribution in [3.05, 3.63) is 25.3 Å². The molecule has 0 unspecified atom stereocenters. The zero-order valence-corrected chi connectivity index (χ0v) is 13.0. The number of hydrogen-bond acceptors (Lipinski definition) is 4. The summed E-state index contributed by atoms with van der Waals surface area (Å²) < 4.78 is 17.5. The Balaban J connectivity index is 4.76. The van der Waals surface area contributed by atoms with Gasteiger partial charge in [0.1, 0.15) is 0 Å². The van der Waals surface area contributed by atoms with Crippen molar-refractivity contribution < 1.29 is 13.3 Å². The van der Waals surface area contributed by atoms with Crippen LogP contribution in [0.15, 0.2) is 25.3 Å². The Morgan fingerprint density at radius 2 is 1.28 bits per heavy atom. The molecule has 0 rings (SSSR count). The zero-order valence-electron chi connectivity index (χ0n) is 12.0. The van der Waals surface area contributed by atoms with Gasteiger partial charge in [-0.15, -0.1) is 13.2 Å². The fourth-order valence-corrected chi connectivity index (χ4v) is 4.41. The minimum absolute atomic E-state index is 0.599. The van der Waals surface area contributed by atoms with E-state index >= 15 is 0 Å². The first kappa shape index (κ1) is 17.5. The summed E-state index contributed by atoms with van der Waals surface area (Å²) in [7, 11) is -2.60. The maximum absolute atomic E-state index is 5.82. The molecule has 0 N–H and O–H groups in total. The van der Waals surface area contributed by atoms with Crippen LogP contribution in [0.2, 0.25) is 0 Å². The molecule has 0 radical (unpaired) electrons. The van der Waals surface area contributed by atoms with Crippen molar-refractivity contribution in [3.8, 4) is 0 Å². The lowest BCUT2D eigenvalue weighted by atomic mass is 10.5. The van der Waals surface area contributed by atoms with Gasteiger partial charge in [-0.3, -0.25) is 4.90 Å². The van der Waals surface area contributed by atoms with Crippen LogP contribution in [0.5, 0.6) is 0 Å². The molecule has 0 aromatic rings. The molecule has 0 bridgehead atoms. The summed E-state index contributed by atoms with van der Waals surface area (Å²) in [5.41, 5.74) is 0. The van der Waals surface area contributed by atoms with Crippen molar-refractivity contribution in [1.29, 1.82) is 0 Å². The van der Waals surface area contributed by atoms with Gasteiger partial charge < -0.3 is 13.3 Å². The molecule has 0 aliphatic heterocycles. The summed E-state index contributed by atoms with van der Waals surface area (Å²) in [5, 5.41) is 0. The monoisotopic (exact) mass is 273 g/mol. The number of hydrogen-bond donors (Lipinski definition) is 0. The smallest absolute Gasteiger partial charge is 0.373 e. The Labute approximate surface area is 113 Å². The van der Waals surface area contributed by atoms with Gasteiger partial charge in [0.25, 0.3) is 0 Å². The summed E-state index contributed by atoms with van der Waals surface area (Å²) in [6.07, 6.45) is 4.40. The van der Waals surface area contributed by atoms with E-state index in [0.717, 1.165) is 13.1 Å². The van der Waals surface area contributed by atoms with Gasteiger partial charge in [-0.25, -0.2) is 0 Å². The first-order valence-electron chi connectivity index (χ1n) is 6.53. The fraction of sp³-hybridized carbons (Fsp3) is 0.692. The predicted octanol–water partition coefficient (Wildman–Crippen LogP) is 2.25. The number of nitrogens with zero attached hydrogens (tertiary/aromatic N) is 1. The highest BCUT2D eigenvalue weighted by atomic mass is 28.4. The van der Waals surface area contributed by atoms with Gasteiger partial charge in [-0.2, -0.15) is 0 Å². The molecule has 0 amide bonds. The van der Waals surface area contributed by atoms with Crippen LogP contribution in [0.4, 0.5) is 0 Å². The molecule has 0 saturated carbocycles. The summed E-state index contributed by atoms with van der Waals surface area (Å²) in [6, 6.07) is 0. The van der Waals surface area contributed by atoms with E-state index in [2.05, 4.69) is 18.1 Å². The lowest BCUT2D eigenvalue weighted by molar-refractivity contribution is 0.0593. The zero-order chi connectivity index (χ0) is 13.9. The Kier molecular flexibility index (Phi) is 10.2. The van der Waals surface area contributed by atoms with Gasteiger partial charge in [0.2, 0.25) is 0 Å². The second-order valence-corrected chi connectivity index (χ2v) is 6.30. The summed E-state index contributed by atoms with van der Waals surface area (Å²) in [6.45, 7) is 16.8. The van der Waals surface area contributed by atoms with Gasteiger partial charge in [0.05, 0.1) is 6.17 Å². The van der Waals surface area contributed by atoms with Crippen LogP contribution < -0.4 is 0 Å². The largest absolute Gasteiger partial charge is 0.515 e. The van der Waals surface area contributed by atoms with E-state index in [-0.39, 0.29) is 0 Å². The van der Waals surface area contributed by atoms with E-state index < -0.39 is 8.80 Å². The quantitative estimate of drug-likeness (QED) is 0.403. The van der Waals surface area contributed by atoms with Crippen LogP contribution in [0, 0.1) is 0 Å². The van der Waals surface area contributed by atoms with Gasteiger partial charge in [-0.05, 0) is 20.8 Å². The molecule has 106 valence electrons. The minimum atomic E-state index is -2.60. The second-order valence-electron chi connectivity index (χ2n) is 3.75. The van der Waals surface area contributed by atoms with Gasteiger partial charge >= 0.3 is 8.80 Å². The minimum Gasteiger partial charge on any atom is -0.373 e. The van der Waals surface area contributed by atoms with Crippen molar-refractivity contribution in [2.45, 2.75) is 20.8 Å². The predicted molar refractivity (Wildman–Crippen MR) is 77.5 cm³/mol. The molecule has 0 saturated heterocycles. The topological polar surface area (TPSA) is 30.9 Å². The maximum atomic E-state index is 5.82. The molecule has 0 aromatic carbocycles. The van der Waals surface area contributed by atoms with E-state index in [1.165, 1.54) is 0 Å². The van der Waals surface area contributed by atoms with Gasteiger partial charge in [0, 0.05) is 32.9 Å². The average Bonchev–Trinajstić information content (AvgIpc) is 2.30. The van der Waals surface area contributed by atoms with Crippen LogP contribution in [0.1, 0.15) is 20.8 Å². The van der Waals surface area contributed by atoms with Crippen LogP contribution in [-0.2, 0) is 13.3 Å². The fourth-order valence-electron chi connectivity index (χ4n) is 1.76. The van der Waals surface area contributed by atoms with E-state index in [1.807, 2.05) is 32.9 Å². The third-order valence-electron chi connectivity index (χ3n) is 2.28. The second kappa shape index (κ2) is 10.5. The normalized spacial score (nSPS) is 11.8. The molecule has 0 aliphatic carbocycles. The molecular formula is C13H27NO3Si. The molecule has 0 fully saturated rings. The highest BCUT2D eigenvalue weighted by Gasteiger charge is 2.42. The Hall–Kier alpha value is -0.463. The molecule has 0 aromatic heterocycles. The molecule has 0 aliphatic rings. The van der Waals surface area contributed by atoms with Crippen molar-refractivity contribution >= 4 is 8.80 Å². The van der Waals surface area contributed by atoms with Gasteiger partial charge in [0.15, 0.2) is 0 Å². The van der Waals surface area contributed by atoms with Crippen molar-refractivity contribution in [3.63, 3.8) is 0 Å². The van der Waals surface area contributed by atoms with Crippen LogP contribution in [0.3, 0.4) is 0 Å². The first-order chi connectivity index (χ1) is 8.67. The van der Waals surface area contributed by atoms with E-state index in [0.29, 0.717) is 26.0 Å². The van der Waals surface area contributed by atoms with Crippen molar-refractivity contribution in [1.82, 2.24) is 4.90 Å². The SMILES string of the molecule is C=CCN(CC=C)C[Si](OCC)(OCC)OCC. The van der Waals surface area contributed by atoms with Crippen molar-refractivity contribution in [2.24, 2.45) is 0 Å². The number of rotatable bonds is 12. The summed E-state index contributed by atoms with van der Waals surface area (Å²) in [4.78, 5) is 2.17. The highest BCUT2D eigenvalue weighted by Crippen LogP contribution is 2.12. The lowest BCUT2D eigenvalue weighted by Gasteiger charge is -2.32. The van der Waals surface area contributed by atoms with Crippen LogP contribution >= 0.6 is 0 Å².